The zero-order valence-corrected chi connectivity index (χ0v) is 12.2. The zero-order valence-electron chi connectivity index (χ0n) is 10.0. The van der Waals surface area contributed by atoms with Gasteiger partial charge < -0.3 is 9.72 Å². The lowest BCUT2D eigenvalue weighted by Gasteiger charge is -2.19. The number of esters is 1. The van der Waals surface area contributed by atoms with Crippen LogP contribution in [0.3, 0.4) is 0 Å². The lowest BCUT2D eigenvalue weighted by molar-refractivity contribution is 0.00697. The highest BCUT2D eigenvalue weighted by Gasteiger charge is 2.18. The molecule has 2 rings (SSSR count). The molecule has 2 aromatic rings. The molecule has 0 unspecified atom stereocenters. The van der Waals surface area contributed by atoms with Crippen LogP contribution in [-0.2, 0) is 4.74 Å². The number of hydrogen-bond acceptors (Lipinski definition) is 2. The molecule has 0 aliphatic heterocycles. The van der Waals surface area contributed by atoms with Crippen LogP contribution >= 0.6 is 22.6 Å². The predicted octanol–water partition coefficient (Wildman–Crippen LogP) is 3.73. The van der Waals surface area contributed by atoms with Crippen LogP contribution in [0.2, 0.25) is 0 Å². The van der Waals surface area contributed by atoms with E-state index in [0.29, 0.717) is 5.56 Å². The molecule has 17 heavy (non-hydrogen) atoms. The number of carbonyl (C=O) groups excluding carboxylic acids is 1. The van der Waals surface area contributed by atoms with E-state index in [1.807, 2.05) is 39.1 Å². The number of halogens is 1. The van der Waals surface area contributed by atoms with Gasteiger partial charge in [-0.3, -0.25) is 0 Å². The molecule has 4 heteroatoms. The lowest BCUT2D eigenvalue weighted by Crippen LogP contribution is -2.23. The van der Waals surface area contributed by atoms with E-state index in [1.54, 1.807) is 6.07 Å². The number of rotatable bonds is 1. The maximum Gasteiger partial charge on any atom is 0.338 e. The molecule has 1 aromatic heterocycles. The van der Waals surface area contributed by atoms with Crippen LogP contribution in [-0.4, -0.2) is 16.6 Å². The first-order valence-corrected chi connectivity index (χ1v) is 6.45. The molecular formula is C13H14INO2. The monoisotopic (exact) mass is 343 g/mol. The summed E-state index contributed by atoms with van der Waals surface area (Å²) < 4.78 is 6.47. The van der Waals surface area contributed by atoms with Gasteiger partial charge >= 0.3 is 5.97 Å². The number of carbonyl (C=O) groups is 1. The summed E-state index contributed by atoms with van der Waals surface area (Å²) in [6.07, 6.45) is 1.92. The quantitative estimate of drug-likeness (QED) is 0.633. The number of hydrogen-bond donors (Lipinski definition) is 1. The molecule has 0 radical (unpaired) electrons. The normalized spacial score (nSPS) is 11.8. The zero-order chi connectivity index (χ0) is 12.6. The van der Waals surface area contributed by atoms with Crippen molar-refractivity contribution >= 4 is 39.5 Å². The second-order valence-electron chi connectivity index (χ2n) is 4.90. The minimum atomic E-state index is -0.462. The molecule has 0 aliphatic carbocycles. The van der Waals surface area contributed by atoms with Crippen LogP contribution in [0.25, 0.3) is 10.9 Å². The third kappa shape index (κ3) is 2.80. The number of aromatic amines is 1. The van der Waals surface area contributed by atoms with Crippen molar-refractivity contribution in [3.8, 4) is 0 Å². The molecule has 0 saturated carbocycles. The molecule has 0 aliphatic rings. The van der Waals surface area contributed by atoms with E-state index in [4.69, 9.17) is 4.74 Å². The molecule has 3 nitrogen and oxygen atoms in total. The number of fused-ring (bicyclic) bond motifs is 1. The van der Waals surface area contributed by atoms with Crippen LogP contribution < -0.4 is 0 Å². The van der Waals surface area contributed by atoms with Crippen molar-refractivity contribution in [3.05, 3.63) is 33.5 Å². The minimum absolute atomic E-state index is 0.288. The molecule has 0 fully saturated rings. The van der Waals surface area contributed by atoms with E-state index in [1.165, 1.54) is 0 Å². The molecule has 0 atom stereocenters. The second-order valence-corrected chi connectivity index (χ2v) is 6.06. The van der Waals surface area contributed by atoms with Crippen LogP contribution in [0.1, 0.15) is 31.1 Å². The highest BCUT2D eigenvalue weighted by molar-refractivity contribution is 14.1. The van der Waals surface area contributed by atoms with E-state index < -0.39 is 5.60 Å². The summed E-state index contributed by atoms with van der Waals surface area (Å²) >= 11 is 2.26. The predicted molar refractivity (Wildman–Crippen MR) is 76.2 cm³/mol. The SMILES string of the molecule is CC(C)(C)OC(=O)c1ccc2c(I)c[nH]c2c1. The Morgan fingerprint density at radius 3 is 2.71 bits per heavy atom. The third-order valence-corrected chi connectivity index (χ3v) is 3.16. The van der Waals surface area contributed by atoms with Gasteiger partial charge in [0.1, 0.15) is 5.60 Å². The first-order valence-electron chi connectivity index (χ1n) is 5.37. The Bertz CT molecular complexity index is 566. The minimum Gasteiger partial charge on any atom is -0.456 e. The van der Waals surface area contributed by atoms with E-state index in [9.17, 15) is 4.79 Å². The van der Waals surface area contributed by atoms with Gasteiger partial charge in [0.05, 0.1) is 5.56 Å². The van der Waals surface area contributed by atoms with Crippen LogP contribution in [0.15, 0.2) is 24.4 Å². The van der Waals surface area contributed by atoms with Crippen LogP contribution in [0, 0.1) is 3.57 Å². The van der Waals surface area contributed by atoms with Crippen molar-refractivity contribution in [1.29, 1.82) is 0 Å². The first kappa shape index (κ1) is 12.4. The smallest absolute Gasteiger partial charge is 0.338 e. The largest absolute Gasteiger partial charge is 0.456 e. The van der Waals surface area contributed by atoms with Crippen molar-refractivity contribution in [2.75, 3.05) is 0 Å². The van der Waals surface area contributed by atoms with E-state index in [0.717, 1.165) is 14.5 Å². The van der Waals surface area contributed by atoms with Gasteiger partial charge in [-0.1, -0.05) is 6.07 Å². The van der Waals surface area contributed by atoms with Gasteiger partial charge in [-0.2, -0.15) is 0 Å². The molecule has 0 amide bonds. The Balaban J connectivity index is 2.33. The number of ether oxygens (including phenoxy) is 1. The van der Waals surface area contributed by atoms with Gasteiger partial charge in [0.2, 0.25) is 0 Å². The Labute approximate surface area is 114 Å². The molecule has 1 aromatic carbocycles. The fourth-order valence-electron chi connectivity index (χ4n) is 1.55. The average Bonchev–Trinajstić information content (AvgIpc) is 2.57. The number of aromatic nitrogens is 1. The van der Waals surface area contributed by atoms with Gasteiger partial charge in [0, 0.05) is 20.7 Å². The Kier molecular flexibility index (Phi) is 3.16. The summed E-state index contributed by atoms with van der Waals surface area (Å²) in [5.74, 6) is -0.288. The molecule has 0 bridgehead atoms. The van der Waals surface area contributed by atoms with Crippen molar-refractivity contribution in [1.82, 2.24) is 4.98 Å². The summed E-state index contributed by atoms with van der Waals surface area (Å²) in [4.78, 5) is 15.0. The summed E-state index contributed by atoms with van der Waals surface area (Å²) in [5, 5.41) is 1.12. The molecule has 90 valence electrons. The molecule has 0 spiro atoms. The van der Waals surface area contributed by atoms with Crippen molar-refractivity contribution in [3.63, 3.8) is 0 Å². The number of nitrogens with one attached hydrogen (secondary N) is 1. The topological polar surface area (TPSA) is 42.1 Å². The fourth-order valence-corrected chi connectivity index (χ4v) is 2.18. The third-order valence-electron chi connectivity index (χ3n) is 2.27. The maximum atomic E-state index is 11.9. The lowest BCUT2D eigenvalue weighted by atomic mass is 10.1. The molecule has 1 heterocycles. The van der Waals surface area contributed by atoms with Crippen molar-refractivity contribution in [2.24, 2.45) is 0 Å². The Morgan fingerprint density at radius 2 is 2.06 bits per heavy atom. The summed E-state index contributed by atoms with van der Waals surface area (Å²) in [6.45, 7) is 5.59. The van der Waals surface area contributed by atoms with E-state index in [-0.39, 0.29) is 5.97 Å². The Morgan fingerprint density at radius 1 is 1.35 bits per heavy atom. The van der Waals surface area contributed by atoms with E-state index in [2.05, 4.69) is 27.6 Å². The van der Waals surface area contributed by atoms with Gasteiger partial charge in [-0.25, -0.2) is 4.79 Å². The average molecular weight is 343 g/mol. The summed E-state index contributed by atoms with van der Waals surface area (Å²) in [5.41, 5.74) is 1.07. The van der Waals surface area contributed by atoms with Crippen LogP contribution in [0.4, 0.5) is 0 Å². The van der Waals surface area contributed by atoms with Crippen molar-refractivity contribution < 1.29 is 9.53 Å². The number of benzene rings is 1. The maximum absolute atomic E-state index is 11.9. The van der Waals surface area contributed by atoms with Crippen molar-refractivity contribution in [2.45, 2.75) is 26.4 Å². The summed E-state index contributed by atoms with van der Waals surface area (Å²) in [6, 6.07) is 5.56. The molecule has 0 saturated heterocycles. The van der Waals surface area contributed by atoms with Gasteiger partial charge in [-0.15, -0.1) is 0 Å². The van der Waals surface area contributed by atoms with Gasteiger partial charge in [-0.05, 0) is 55.5 Å². The standard InChI is InChI=1S/C13H14INO2/c1-13(2,3)17-12(16)8-4-5-9-10(14)7-15-11(9)6-8/h4-7,15H,1-3H3. The van der Waals surface area contributed by atoms with Gasteiger partial charge in [0.15, 0.2) is 0 Å². The second kappa shape index (κ2) is 4.33. The number of H-pyrrole nitrogens is 1. The molecular weight excluding hydrogens is 329 g/mol. The van der Waals surface area contributed by atoms with E-state index >= 15 is 0 Å². The summed E-state index contributed by atoms with van der Waals surface area (Å²) in [7, 11) is 0. The van der Waals surface area contributed by atoms with Gasteiger partial charge in [0.25, 0.3) is 0 Å². The highest BCUT2D eigenvalue weighted by Crippen LogP contribution is 2.22. The highest BCUT2D eigenvalue weighted by atomic mass is 127. The Hall–Kier alpha value is -1.04. The van der Waals surface area contributed by atoms with Crippen LogP contribution in [0.5, 0.6) is 0 Å². The first-order chi connectivity index (χ1) is 7.87. The fraction of sp³-hybridized carbons (Fsp3) is 0.308. The molecule has 1 N–H and O–H groups in total.